The van der Waals surface area contributed by atoms with Crippen LogP contribution in [0, 0.1) is 39.9 Å². The van der Waals surface area contributed by atoms with Gasteiger partial charge in [-0.25, -0.2) is 8.42 Å². The van der Waals surface area contributed by atoms with Crippen molar-refractivity contribution < 1.29 is 83.2 Å². The van der Waals surface area contributed by atoms with Crippen LogP contribution < -0.4 is 15.3 Å². The number of β-amino-alcohol motifs (C(OH)–C–C–N with tert-alkyl or cyclic N) is 1. The molecule has 1 atom stereocenters. The minimum Gasteiger partial charge on any atom is -0.549 e. The van der Waals surface area contributed by atoms with E-state index < -0.39 is 34.0 Å². The van der Waals surface area contributed by atoms with Gasteiger partial charge in [0.1, 0.15) is 0 Å². The molecule has 263 valence electrons. The van der Waals surface area contributed by atoms with E-state index in [1.54, 1.807) is 14.7 Å². The molecule has 0 bridgehead atoms. The van der Waals surface area contributed by atoms with E-state index in [0.717, 1.165) is 25.5 Å². The zero-order valence-electron chi connectivity index (χ0n) is 27.1. The Morgan fingerprint density at radius 2 is 1.00 bits per heavy atom. The minimum atomic E-state index is -3.56. The standard InChI is InChI=1S/C29H57N5O9S.Gd/c1-3-4-5-6-7-8-9-10-11-12-34(44(2,42)43)22-26(35)21-30-13-15-31(23-27(36)37)17-19-33(25-29(40)41)20-18-32(16-14-30)24-28(38)39;/h26,35H,3-25H2,1-2H3,(H,36,37)(H,38,39)(H,40,41);/q;+3/p-3. The third kappa shape index (κ3) is 23.4. The van der Waals surface area contributed by atoms with Gasteiger partial charge in [0.05, 0.1) is 30.3 Å². The van der Waals surface area contributed by atoms with Crippen LogP contribution in [0.3, 0.4) is 0 Å². The van der Waals surface area contributed by atoms with Gasteiger partial charge in [-0.2, -0.15) is 4.31 Å². The molecule has 1 heterocycles. The predicted octanol–water partition coefficient (Wildman–Crippen LogP) is -3.39. The topological polar surface area (TPSA) is 191 Å². The average molecular weight is 806 g/mol. The zero-order chi connectivity index (χ0) is 33.0. The second-order valence-electron chi connectivity index (χ2n) is 11.8. The maximum Gasteiger partial charge on any atom is 3.00 e. The molecule has 0 saturated carbocycles. The first-order valence-electron chi connectivity index (χ1n) is 15.9. The molecule has 0 aromatic heterocycles. The number of carbonyl (C=O) groups is 3. The van der Waals surface area contributed by atoms with Crippen molar-refractivity contribution in [1.29, 1.82) is 0 Å². The minimum absolute atomic E-state index is 0. The van der Waals surface area contributed by atoms with Gasteiger partial charge in [0.25, 0.3) is 0 Å². The van der Waals surface area contributed by atoms with Crippen molar-refractivity contribution in [3.05, 3.63) is 0 Å². The van der Waals surface area contributed by atoms with E-state index in [-0.39, 0.29) is 112 Å². The van der Waals surface area contributed by atoms with E-state index in [1.165, 1.54) is 36.4 Å². The Morgan fingerprint density at radius 3 is 1.33 bits per heavy atom. The molecule has 0 aliphatic carbocycles. The van der Waals surface area contributed by atoms with E-state index in [2.05, 4.69) is 6.92 Å². The smallest absolute Gasteiger partial charge is 0.549 e. The molecule has 0 spiro atoms. The van der Waals surface area contributed by atoms with E-state index in [4.69, 9.17) is 0 Å². The summed E-state index contributed by atoms with van der Waals surface area (Å²) in [4.78, 5) is 40.6. The molecule has 0 aromatic carbocycles. The number of aliphatic carboxylic acids is 3. The third-order valence-corrected chi connectivity index (χ3v) is 9.12. The molecule has 0 amide bonds. The maximum atomic E-state index is 12.5. The quantitative estimate of drug-likeness (QED) is 0.113. The van der Waals surface area contributed by atoms with Crippen molar-refractivity contribution >= 4 is 27.9 Å². The predicted molar refractivity (Wildman–Crippen MR) is 160 cm³/mol. The zero-order valence-corrected chi connectivity index (χ0v) is 30.1. The average Bonchev–Trinajstić information content (AvgIpc) is 2.91. The summed E-state index contributed by atoms with van der Waals surface area (Å²) < 4.78 is 26.3. The number of carboxylic acid groups (broad SMARTS) is 3. The molecule has 0 aromatic rings. The van der Waals surface area contributed by atoms with Crippen molar-refractivity contribution in [2.75, 3.05) is 97.9 Å². The summed E-state index contributed by atoms with van der Waals surface area (Å²) in [5, 5.41) is 44.9. The van der Waals surface area contributed by atoms with E-state index >= 15 is 0 Å². The van der Waals surface area contributed by atoms with Crippen LogP contribution in [-0.4, -0.2) is 159 Å². The summed E-state index contributed by atoms with van der Waals surface area (Å²) >= 11 is 0. The molecule has 1 radical (unpaired) electrons. The number of carbonyl (C=O) groups excluding carboxylic acids is 3. The number of unbranched alkanes of at least 4 members (excludes halogenated alkanes) is 8. The Morgan fingerprint density at radius 1 is 0.667 bits per heavy atom. The van der Waals surface area contributed by atoms with Gasteiger partial charge < -0.3 is 34.8 Å². The molecular weight excluding hydrogens is 752 g/mol. The number of nitrogens with zero attached hydrogens (tertiary/aromatic N) is 5. The molecule has 1 fully saturated rings. The molecule has 45 heavy (non-hydrogen) atoms. The first kappa shape index (κ1) is 44.4. The fraction of sp³-hybridized carbons (Fsp3) is 0.897. The molecule has 1 aliphatic heterocycles. The molecule has 14 nitrogen and oxygen atoms in total. The number of hydrogen-bond acceptors (Lipinski definition) is 13. The van der Waals surface area contributed by atoms with E-state index in [9.17, 15) is 43.2 Å². The van der Waals surface area contributed by atoms with Crippen molar-refractivity contribution in [2.24, 2.45) is 0 Å². The van der Waals surface area contributed by atoms with Gasteiger partial charge >= 0.3 is 39.9 Å². The SMILES string of the molecule is CCCCCCCCCCCN(CC(O)CN1CCN(CC(=O)[O-])CCN(CC(=O)[O-])CCN(CC(=O)[O-])CC1)S(C)(=O)=O.[Gd+3]. The molecule has 1 aliphatic rings. The second-order valence-corrected chi connectivity index (χ2v) is 13.8. The normalized spacial score (nSPS) is 17.7. The fourth-order valence-corrected chi connectivity index (χ4v) is 6.27. The van der Waals surface area contributed by atoms with Gasteiger partial charge in [-0.15, -0.1) is 0 Å². The number of aliphatic hydroxyl groups is 1. The number of rotatable bonds is 21. The number of carboxylic acids is 3. The molecular formula is C29H54GdN5O9S. The van der Waals surface area contributed by atoms with Crippen LogP contribution in [0.5, 0.6) is 0 Å². The van der Waals surface area contributed by atoms with Crippen LogP contribution in [0.25, 0.3) is 0 Å². The third-order valence-electron chi connectivity index (χ3n) is 7.85. The Balaban J connectivity index is 0.0000194. The Hall–Kier alpha value is -0.555. The summed E-state index contributed by atoms with van der Waals surface area (Å²) in [5.74, 6) is -3.86. The molecule has 16 heteroatoms. The van der Waals surface area contributed by atoms with Crippen LogP contribution in [0.15, 0.2) is 0 Å². The van der Waals surface area contributed by atoms with Gasteiger partial charge in [0.2, 0.25) is 10.0 Å². The molecule has 1 rings (SSSR count). The Bertz CT molecular complexity index is 915. The maximum absolute atomic E-state index is 12.5. The Labute approximate surface area is 301 Å². The largest absolute Gasteiger partial charge is 3.00 e. The van der Waals surface area contributed by atoms with Crippen LogP contribution in [-0.2, 0) is 24.4 Å². The molecule has 1 N–H and O–H groups in total. The van der Waals surface area contributed by atoms with Crippen molar-refractivity contribution in [3.63, 3.8) is 0 Å². The van der Waals surface area contributed by atoms with Crippen LogP contribution in [0.1, 0.15) is 64.7 Å². The van der Waals surface area contributed by atoms with Gasteiger partial charge in [0, 0.05) is 91.6 Å². The van der Waals surface area contributed by atoms with Crippen LogP contribution in [0.4, 0.5) is 0 Å². The van der Waals surface area contributed by atoms with Gasteiger partial charge in [-0.3, -0.25) is 19.6 Å². The van der Waals surface area contributed by atoms with Gasteiger partial charge in [0.15, 0.2) is 0 Å². The summed E-state index contributed by atoms with van der Waals surface area (Å²) in [6.45, 7) is 3.39. The number of sulfonamides is 1. The summed E-state index contributed by atoms with van der Waals surface area (Å²) in [7, 11) is -3.56. The van der Waals surface area contributed by atoms with Crippen molar-refractivity contribution in [2.45, 2.75) is 70.8 Å². The van der Waals surface area contributed by atoms with Gasteiger partial charge in [-0.1, -0.05) is 58.3 Å². The van der Waals surface area contributed by atoms with E-state index in [0.29, 0.717) is 26.1 Å². The summed E-state index contributed by atoms with van der Waals surface area (Å²) in [5.41, 5.74) is 0. The summed E-state index contributed by atoms with van der Waals surface area (Å²) in [6, 6.07) is 0. The fourth-order valence-electron chi connectivity index (χ4n) is 5.37. The molecule has 1 saturated heterocycles. The Kier molecular flexibility index (Phi) is 25.1. The first-order valence-corrected chi connectivity index (χ1v) is 17.8. The number of aliphatic hydroxyl groups excluding tert-OH is 1. The molecule has 1 unspecified atom stereocenters. The number of hydrogen-bond donors (Lipinski definition) is 1. The summed E-state index contributed by atoms with van der Waals surface area (Å²) in [6.07, 6.45) is 9.99. The second kappa shape index (κ2) is 25.5. The first-order chi connectivity index (χ1) is 20.8. The van der Waals surface area contributed by atoms with Gasteiger partial charge in [-0.05, 0) is 6.42 Å². The van der Waals surface area contributed by atoms with Crippen molar-refractivity contribution in [3.8, 4) is 0 Å². The van der Waals surface area contributed by atoms with Crippen molar-refractivity contribution in [1.82, 2.24) is 23.9 Å². The van der Waals surface area contributed by atoms with Crippen LogP contribution in [0.2, 0.25) is 0 Å². The monoisotopic (exact) mass is 806 g/mol. The van der Waals surface area contributed by atoms with Crippen LogP contribution >= 0.6 is 0 Å². The van der Waals surface area contributed by atoms with E-state index in [1.807, 2.05) is 4.90 Å².